The molecule has 0 amide bonds. The lowest BCUT2D eigenvalue weighted by Crippen LogP contribution is -2.52. The molecular weight excluding hydrogens is 372 g/mol. The van der Waals surface area contributed by atoms with Crippen molar-refractivity contribution >= 4 is 0 Å². The van der Waals surface area contributed by atoms with Crippen LogP contribution in [0.1, 0.15) is 85.5 Å². The van der Waals surface area contributed by atoms with E-state index in [-0.39, 0.29) is 11.9 Å². The second-order valence-corrected chi connectivity index (χ2v) is 12.7. The molecule has 0 aromatic carbocycles. The minimum absolute atomic E-state index is 0.107. The molecule has 3 saturated carbocycles. The van der Waals surface area contributed by atoms with Gasteiger partial charge >= 0.3 is 0 Å². The molecule has 0 aromatic heterocycles. The van der Waals surface area contributed by atoms with E-state index < -0.39 is 0 Å². The Hall–Kier alpha value is -0.380. The molecule has 0 aromatic rings. The summed E-state index contributed by atoms with van der Waals surface area (Å²) in [6.45, 7) is 10.8. The smallest absolute Gasteiger partial charge is 0.171 e. The largest absolute Gasteiger partial charge is 0.393 e. The summed E-state index contributed by atoms with van der Waals surface area (Å²) in [6.07, 6.45) is 13.5. The molecule has 3 unspecified atom stereocenters. The van der Waals surface area contributed by atoms with Crippen molar-refractivity contribution in [2.24, 2.45) is 46.3 Å². The molecule has 6 rings (SSSR count). The SMILES string of the molecule is CC1CC[C@@]2(OC1)OC1C[C@H]3[C@@H]4CC=C5C[C@@H](O)CC[C@]5(C)[C@H]4CC[C@]3(C)C1[C@@H]2C. The van der Waals surface area contributed by atoms with Gasteiger partial charge in [-0.05, 0) is 91.8 Å². The van der Waals surface area contributed by atoms with Gasteiger partial charge in [-0.2, -0.15) is 0 Å². The zero-order valence-corrected chi connectivity index (χ0v) is 19.5. The van der Waals surface area contributed by atoms with Crippen molar-refractivity contribution < 1.29 is 14.6 Å². The summed E-state index contributed by atoms with van der Waals surface area (Å²) in [6, 6.07) is 0. The third-order valence-electron chi connectivity index (χ3n) is 11.3. The topological polar surface area (TPSA) is 38.7 Å². The summed E-state index contributed by atoms with van der Waals surface area (Å²) < 4.78 is 13.3. The van der Waals surface area contributed by atoms with Gasteiger partial charge in [0.05, 0.1) is 18.8 Å². The maximum absolute atomic E-state index is 10.3. The number of aliphatic hydroxyl groups excluding tert-OH is 1. The number of allylic oxidation sites excluding steroid dienone is 1. The quantitative estimate of drug-likeness (QED) is 0.516. The first kappa shape index (κ1) is 20.2. The molecule has 0 radical (unpaired) electrons. The normalized spacial score (nSPS) is 59.8. The highest BCUT2D eigenvalue weighted by atomic mass is 16.7. The van der Waals surface area contributed by atoms with Crippen molar-refractivity contribution in [1.82, 2.24) is 0 Å². The summed E-state index contributed by atoms with van der Waals surface area (Å²) in [7, 11) is 0. The van der Waals surface area contributed by atoms with Crippen LogP contribution >= 0.6 is 0 Å². The monoisotopic (exact) mass is 414 g/mol. The molecule has 30 heavy (non-hydrogen) atoms. The van der Waals surface area contributed by atoms with E-state index in [4.69, 9.17) is 9.47 Å². The Morgan fingerprint density at radius 3 is 2.63 bits per heavy atom. The summed E-state index contributed by atoms with van der Waals surface area (Å²) in [4.78, 5) is 0. The summed E-state index contributed by atoms with van der Waals surface area (Å²) in [5, 5.41) is 10.3. The molecular formula is C27H42O3. The van der Waals surface area contributed by atoms with Gasteiger partial charge in [-0.3, -0.25) is 0 Å². The fraction of sp³-hybridized carbons (Fsp3) is 0.926. The maximum Gasteiger partial charge on any atom is 0.171 e. The lowest BCUT2D eigenvalue weighted by atomic mass is 9.47. The van der Waals surface area contributed by atoms with Crippen LogP contribution in [-0.2, 0) is 9.47 Å². The highest BCUT2D eigenvalue weighted by molar-refractivity contribution is 5.26. The lowest BCUT2D eigenvalue weighted by molar-refractivity contribution is -0.272. The van der Waals surface area contributed by atoms with Crippen LogP contribution in [0.5, 0.6) is 0 Å². The van der Waals surface area contributed by atoms with Gasteiger partial charge in [0.15, 0.2) is 5.79 Å². The van der Waals surface area contributed by atoms with Crippen molar-refractivity contribution in [3.05, 3.63) is 11.6 Å². The van der Waals surface area contributed by atoms with Crippen LogP contribution in [0.15, 0.2) is 11.6 Å². The van der Waals surface area contributed by atoms with Crippen molar-refractivity contribution in [3.63, 3.8) is 0 Å². The fourth-order valence-corrected chi connectivity index (χ4v) is 9.66. The van der Waals surface area contributed by atoms with Crippen LogP contribution in [-0.4, -0.2) is 29.7 Å². The molecule has 2 heterocycles. The predicted molar refractivity (Wildman–Crippen MR) is 118 cm³/mol. The third-order valence-corrected chi connectivity index (χ3v) is 11.3. The maximum atomic E-state index is 10.3. The molecule has 0 bridgehead atoms. The lowest BCUT2D eigenvalue weighted by Gasteiger charge is -2.58. The van der Waals surface area contributed by atoms with Gasteiger partial charge in [0.25, 0.3) is 0 Å². The van der Waals surface area contributed by atoms with E-state index in [9.17, 15) is 5.11 Å². The summed E-state index contributed by atoms with van der Waals surface area (Å²) in [5.41, 5.74) is 2.31. The van der Waals surface area contributed by atoms with Gasteiger partial charge in [0.2, 0.25) is 0 Å². The van der Waals surface area contributed by atoms with Crippen molar-refractivity contribution in [2.75, 3.05) is 6.61 Å². The molecule has 168 valence electrons. The molecule has 11 atom stereocenters. The van der Waals surface area contributed by atoms with Crippen LogP contribution in [0.25, 0.3) is 0 Å². The van der Waals surface area contributed by atoms with E-state index in [0.29, 0.717) is 34.7 Å². The highest BCUT2D eigenvalue weighted by Gasteiger charge is 2.68. The Morgan fingerprint density at radius 2 is 1.87 bits per heavy atom. The third kappa shape index (κ3) is 2.55. The number of ether oxygens (including phenoxy) is 2. The molecule has 4 aliphatic carbocycles. The van der Waals surface area contributed by atoms with Crippen molar-refractivity contribution in [2.45, 2.75) is 103 Å². The number of fused-ring (bicyclic) bond motifs is 7. The Morgan fingerprint density at radius 1 is 1.03 bits per heavy atom. The second kappa shape index (κ2) is 6.58. The van der Waals surface area contributed by atoms with Crippen LogP contribution in [0, 0.1) is 46.3 Å². The minimum Gasteiger partial charge on any atom is -0.393 e. The molecule has 1 N–H and O–H groups in total. The van der Waals surface area contributed by atoms with E-state index in [1.807, 2.05) is 0 Å². The average Bonchev–Trinajstić information content (AvgIpc) is 3.16. The van der Waals surface area contributed by atoms with Crippen molar-refractivity contribution in [1.29, 1.82) is 0 Å². The van der Waals surface area contributed by atoms with Gasteiger partial charge in [0.1, 0.15) is 0 Å². The molecule has 2 saturated heterocycles. The molecule has 5 fully saturated rings. The standard InChI is InChI=1S/C27H42O3/c1-16-7-12-27(29-15-16)17(2)24-23(30-27)14-22-20-6-5-18-13-19(28)8-10-25(18,3)21(20)9-11-26(22,24)4/h5,16-17,19-24,28H,6-15H2,1-4H3/t16?,17-,19-,20+,21-,22-,23?,24?,25-,26-,27+/m0/s1. The van der Waals surface area contributed by atoms with Crippen LogP contribution in [0.4, 0.5) is 0 Å². The first-order chi connectivity index (χ1) is 14.3. The van der Waals surface area contributed by atoms with Crippen LogP contribution in [0.2, 0.25) is 0 Å². The molecule has 6 aliphatic rings. The van der Waals surface area contributed by atoms with E-state index >= 15 is 0 Å². The first-order valence-electron chi connectivity index (χ1n) is 13.0. The van der Waals surface area contributed by atoms with Crippen molar-refractivity contribution in [3.8, 4) is 0 Å². The Kier molecular flexibility index (Phi) is 4.44. The van der Waals surface area contributed by atoms with Gasteiger partial charge < -0.3 is 14.6 Å². The Balaban J connectivity index is 1.28. The van der Waals surface area contributed by atoms with Gasteiger partial charge in [-0.1, -0.05) is 39.3 Å². The van der Waals surface area contributed by atoms with Crippen LogP contribution < -0.4 is 0 Å². The van der Waals surface area contributed by atoms with E-state index in [1.165, 1.54) is 38.5 Å². The molecule has 1 spiro atoms. The predicted octanol–water partition coefficient (Wildman–Crippen LogP) is 5.71. The zero-order valence-electron chi connectivity index (χ0n) is 19.5. The number of aliphatic hydroxyl groups is 1. The first-order valence-corrected chi connectivity index (χ1v) is 13.0. The summed E-state index contributed by atoms with van der Waals surface area (Å²) in [5.74, 6) is 3.94. The van der Waals surface area contributed by atoms with E-state index in [2.05, 4.69) is 33.8 Å². The number of hydrogen-bond donors (Lipinski definition) is 1. The van der Waals surface area contributed by atoms with E-state index in [1.54, 1.807) is 5.57 Å². The molecule has 3 nitrogen and oxygen atoms in total. The zero-order chi connectivity index (χ0) is 20.9. The van der Waals surface area contributed by atoms with Crippen LogP contribution in [0.3, 0.4) is 0 Å². The molecule has 2 aliphatic heterocycles. The fourth-order valence-electron chi connectivity index (χ4n) is 9.66. The van der Waals surface area contributed by atoms with Gasteiger partial charge in [0, 0.05) is 12.3 Å². The highest BCUT2D eigenvalue weighted by Crippen LogP contribution is 2.70. The Bertz CT molecular complexity index is 736. The Labute approximate surface area is 183 Å². The number of rotatable bonds is 0. The second-order valence-electron chi connectivity index (χ2n) is 12.7. The van der Waals surface area contributed by atoms with E-state index in [0.717, 1.165) is 43.6 Å². The average molecular weight is 415 g/mol. The summed E-state index contributed by atoms with van der Waals surface area (Å²) >= 11 is 0. The molecule has 3 heteroatoms. The minimum atomic E-state index is -0.294. The number of hydrogen-bond acceptors (Lipinski definition) is 3. The van der Waals surface area contributed by atoms with Gasteiger partial charge in [-0.25, -0.2) is 0 Å². The van der Waals surface area contributed by atoms with Gasteiger partial charge in [-0.15, -0.1) is 0 Å².